The summed E-state index contributed by atoms with van der Waals surface area (Å²) in [4.78, 5) is 0. The molecule has 1 unspecified atom stereocenters. The molecule has 8 heteroatoms. The first-order valence-electron chi connectivity index (χ1n) is 5.36. The molecule has 3 nitrogen and oxygen atoms in total. The van der Waals surface area contributed by atoms with Gasteiger partial charge in [0.15, 0.2) is 0 Å². The predicted molar refractivity (Wildman–Crippen MR) is 86.3 cm³/mol. The maximum Gasteiger partial charge on any atom is 0.313 e. The third-order valence-corrected chi connectivity index (χ3v) is 5.73. The summed E-state index contributed by atoms with van der Waals surface area (Å²) in [7, 11) is 1.49. The van der Waals surface area contributed by atoms with E-state index < -0.39 is 6.64 Å². The third-order valence-electron chi connectivity index (χ3n) is 1.91. The molecule has 0 amide bonds. The smallest absolute Gasteiger partial charge is 0.313 e. The topological polar surface area (TPSA) is 30.5 Å². The molecule has 0 bridgehead atoms. The van der Waals surface area contributed by atoms with Crippen LogP contribution >= 0.6 is 41.4 Å². The van der Waals surface area contributed by atoms with Gasteiger partial charge in [0.1, 0.15) is 5.75 Å². The van der Waals surface area contributed by atoms with Crippen LogP contribution in [0.25, 0.3) is 0 Å². The van der Waals surface area contributed by atoms with E-state index in [0.717, 1.165) is 0 Å². The van der Waals surface area contributed by atoms with Crippen LogP contribution in [-0.4, -0.2) is 12.6 Å². The van der Waals surface area contributed by atoms with Crippen LogP contribution in [-0.2, 0) is 16.3 Å². The van der Waals surface area contributed by atoms with Gasteiger partial charge in [-0.25, -0.2) is 5.09 Å². The van der Waals surface area contributed by atoms with E-state index >= 15 is 0 Å². The van der Waals surface area contributed by atoms with Crippen molar-refractivity contribution in [1.29, 1.82) is 0 Å². The monoisotopic (exact) mass is 361 g/mol. The van der Waals surface area contributed by atoms with Gasteiger partial charge in [0.05, 0.1) is 15.1 Å². The van der Waals surface area contributed by atoms with Crippen LogP contribution in [0, 0.1) is 0 Å². The first-order chi connectivity index (χ1) is 8.56. The maximum atomic E-state index is 6.06. The average molecular weight is 363 g/mol. The summed E-state index contributed by atoms with van der Waals surface area (Å²) in [5.74, 6) is 0.345. The predicted octanol–water partition coefficient (Wildman–Crippen LogP) is 5.28. The van der Waals surface area contributed by atoms with Crippen LogP contribution < -0.4 is 9.61 Å². The highest BCUT2D eigenvalue weighted by Crippen LogP contribution is 2.48. The third kappa shape index (κ3) is 5.39. The van der Waals surface area contributed by atoms with E-state index in [4.69, 9.17) is 55.7 Å². The van der Waals surface area contributed by atoms with Crippen LogP contribution in [0.3, 0.4) is 0 Å². The summed E-state index contributed by atoms with van der Waals surface area (Å²) in [6, 6.07) is 3.03. The molecule has 0 fully saturated rings. The SMILES string of the molecule is COP(=S)(NC(C)(C)C)Oc1cc(Cl)c(Cl)cc1Cl. The molecule has 0 saturated heterocycles. The molecule has 1 N–H and O–H groups in total. The van der Waals surface area contributed by atoms with Gasteiger partial charge in [0.2, 0.25) is 0 Å². The van der Waals surface area contributed by atoms with Gasteiger partial charge in [-0.1, -0.05) is 34.8 Å². The number of hydrogen-bond acceptors (Lipinski definition) is 3. The Kier molecular flexibility index (Phi) is 5.98. The molecule has 0 aromatic heterocycles. The minimum absolute atomic E-state index is 0.256. The van der Waals surface area contributed by atoms with Gasteiger partial charge in [0.25, 0.3) is 0 Å². The molecular weight excluding hydrogens is 348 g/mol. The second-order valence-corrected chi connectivity index (χ2v) is 9.26. The van der Waals surface area contributed by atoms with Crippen LogP contribution in [0.5, 0.6) is 5.75 Å². The van der Waals surface area contributed by atoms with Crippen molar-refractivity contribution in [3.8, 4) is 5.75 Å². The highest BCUT2D eigenvalue weighted by molar-refractivity contribution is 8.09. The number of halogens is 3. The highest BCUT2D eigenvalue weighted by atomic mass is 35.5. The van der Waals surface area contributed by atoms with Crippen LogP contribution in [0.15, 0.2) is 12.1 Å². The molecule has 0 spiro atoms. The molecule has 0 aliphatic carbocycles. The van der Waals surface area contributed by atoms with Crippen LogP contribution in [0.2, 0.25) is 15.1 Å². The fraction of sp³-hybridized carbons (Fsp3) is 0.455. The van der Waals surface area contributed by atoms with E-state index in [1.54, 1.807) is 0 Å². The molecule has 1 rings (SSSR count). The molecule has 108 valence electrons. The van der Waals surface area contributed by atoms with Crippen molar-refractivity contribution in [3.63, 3.8) is 0 Å². The van der Waals surface area contributed by atoms with Gasteiger partial charge in [-0.3, -0.25) is 0 Å². The first kappa shape index (κ1) is 17.5. The molecule has 19 heavy (non-hydrogen) atoms. The van der Waals surface area contributed by atoms with Crippen LogP contribution in [0.1, 0.15) is 20.8 Å². The Morgan fingerprint density at radius 1 is 1.11 bits per heavy atom. The number of benzene rings is 1. The zero-order chi connectivity index (χ0) is 14.8. The fourth-order valence-corrected chi connectivity index (χ4v) is 4.36. The van der Waals surface area contributed by atoms with Crippen molar-refractivity contribution in [3.05, 3.63) is 27.2 Å². The zero-order valence-electron chi connectivity index (χ0n) is 11.0. The largest absolute Gasteiger partial charge is 0.431 e. The number of hydrogen-bond donors (Lipinski definition) is 1. The molecule has 0 heterocycles. The van der Waals surface area contributed by atoms with Gasteiger partial charge in [0, 0.05) is 18.7 Å². The normalized spacial score (nSPS) is 15.1. The highest BCUT2D eigenvalue weighted by Gasteiger charge is 2.27. The summed E-state index contributed by atoms with van der Waals surface area (Å²) < 4.78 is 11.0. The van der Waals surface area contributed by atoms with E-state index in [9.17, 15) is 0 Å². The van der Waals surface area contributed by atoms with Gasteiger partial charge in [-0.15, -0.1) is 0 Å². The zero-order valence-corrected chi connectivity index (χ0v) is 14.9. The molecule has 0 saturated carbocycles. The van der Waals surface area contributed by atoms with Crippen molar-refractivity contribution in [1.82, 2.24) is 5.09 Å². The Morgan fingerprint density at radius 2 is 1.63 bits per heavy atom. The van der Waals surface area contributed by atoms with Gasteiger partial charge in [-0.05, 0) is 38.6 Å². The van der Waals surface area contributed by atoms with E-state index in [1.165, 1.54) is 19.2 Å². The lowest BCUT2D eigenvalue weighted by Gasteiger charge is -2.30. The number of nitrogens with one attached hydrogen (secondary N) is 1. The van der Waals surface area contributed by atoms with E-state index in [2.05, 4.69) is 5.09 Å². The second kappa shape index (κ2) is 6.48. The maximum absolute atomic E-state index is 6.06. The lowest BCUT2D eigenvalue weighted by molar-refractivity contribution is 0.357. The summed E-state index contributed by atoms with van der Waals surface area (Å²) in [5.41, 5.74) is -0.256. The van der Waals surface area contributed by atoms with E-state index in [-0.39, 0.29) is 5.54 Å². The Labute approximate surface area is 133 Å². The molecular formula is C11H15Cl3NO2PS. The van der Waals surface area contributed by atoms with Crippen molar-refractivity contribution in [2.45, 2.75) is 26.3 Å². The molecule has 1 aromatic carbocycles. The van der Waals surface area contributed by atoms with Gasteiger partial charge in [-0.2, -0.15) is 0 Å². The second-order valence-electron chi connectivity index (χ2n) is 4.83. The van der Waals surface area contributed by atoms with E-state index in [0.29, 0.717) is 20.8 Å². The standard InChI is InChI=1S/C11H15Cl3NO2PS/c1-11(2,3)15-18(19,16-4)17-10-6-8(13)7(12)5-9(10)14/h5-6H,1-4H3,(H,15,19). The Morgan fingerprint density at radius 3 is 2.11 bits per heavy atom. The van der Waals surface area contributed by atoms with Crippen molar-refractivity contribution < 1.29 is 9.05 Å². The summed E-state index contributed by atoms with van der Waals surface area (Å²) in [6.45, 7) is 3.19. The molecule has 0 aliphatic heterocycles. The lowest BCUT2D eigenvalue weighted by atomic mass is 10.1. The van der Waals surface area contributed by atoms with Crippen molar-refractivity contribution in [2.75, 3.05) is 7.11 Å². The molecule has 1 atom stereocenters. The summed E-state index contributed by atoms with van der Waals surface area (Å²) >= 11 is 23.2. The van der Waals surface area contributed by atoms with E-state index in [1.807, 2.05) is 20.8 Å². The minimum atomic E-state index is -2.71. The molecule has 0 aliphatic rings. The fourth-order valence-electron chi connectivity index (χ4n) is 1.22. The molecule has 1 aromatic rings. The summed E-state index contributed by atoms with van der Waals surface area (Å²) in [5, 5.41) is 4.17. The first-order valence-corrected chi connectivity index (χ1v) is 9.13. The Balaban J connectivity index is 3.05. The Hall–Kier alpha value is 0.460. The van der Waals surface area contributed by atoms with Gasteiger partial charge >= 0.3 is 6.64 Å². The summed E-state index contributed by atoms with van der Waals surface area (Å²) in [6.07, 6.45) is 0. The van der Waals surface area contributed by atoms with Gasteiger partial charge < -0.3 is 9.05 Å². The number of rotatable bonds is 4. The Bertz CT molecular complexity index is 519. The van der Waals surface area contributed by atoms with Crippen molar-refractivity contribution in [2.24, 2.45) is 0 Å². The lowest BCUT2D eigenvalue weighted by Crippen LogP contribution is -2.34. The minimum Gasteiger partial charge on any atom is -0.431 e. The average Bonchev–Trinajstić information content (AvgIpc) is 2.23. The van der Waals surface area contributed by atoms with Crippen LogP contribution in [0.4, 0.5) is 0 Å². The van der Waals surface area contributed by atoms with Crippen molar-refractivity contribution >= 4 is 53.3 Å². The quantitative estimate of drug-likeness (QED) is 0.583. The molecule has 0 radical (unpaired) electrons.